The molecule has 2 unspecified atom stereocenters. The minimum atomic E-state index is -0.217. The van der Waals surface area contributed by atoms with Crippen LogP contribution in [0.15, 0.2) is 28.7 Å². The van der Waals surface area contributed by atoms with E-state index in [9.17, 15) is 4.79 Å². The van der Waals surface area contributed by atoms with Crippen molar-refractivity contribution in [2.75, 3.05) is 13.7 Å². The van der Waals surface area contributed by atoms with Crippen molar-refractivity contribution < 1.29 is 14.3 Å². The third kappa shape index (κ3) is 2.83. The van der Waals surface area contributed by atoms with Crippen LogP contribution in [-0.4, -0.2) is 25.8 Å². The Labute approximate surface area is 103 Å². The van der Waals surface area contributed by atoms with Crippen LogP contribution in [0.3, 0.4) is 0 Å². The molecule has 0 aliphatic carbocycles. The molecule has 1 aliphatic heterocycles. The molecule has 0 bridgehead atoms. The van der Waals surface area contributed by atoms with Gasteiger partial charge in [0.25, 0.3) is 0 Å². The van der Waals surface area contributed by atoms with Gasteiger partial charge in [0.1, 0.15) is 0 Å². The van der Waals surface area contributed by atoms with E-state index in [4.69, 9.17) is 9.47 Å². The lowest BCUT2D eigenvalue weighted by Gasteiger charge is -2.13. The Morgan fingerprint density at radius 1 is 1.56 bits per heavy atom. The van der Waals surface area contributed by atoms with Gasteiger partial charge in [0.15, 0.2) is 0 Å². The number of hydrogen-bond donors (Lipinski definition) is 0. The van der Waals surface area contributed by atoms with E-state index in [0.717, 1.165) is 16.6 Å². The third-order valence-electron chi connectivity index (χ3n) is 2.66. The summed E-state index contributed by atoms with van der Waals surface area (Å²) in [5, 5.41) is 0. The van der Waals surface area contributed by atoms with Gasteiger partial charge in [-0.3, -0.25) is 4.79 Å². The maximum atomic E-state index is 11.7. The molecule has 86 valence electrons. The molecular weight excluding hydrogens is 272 g/mol. The molecule has 1 saturated heterocycles. The Bertz CT molecular complexity index is 370. The molecule has 1 fully saturated rings. The zero-order valence-corrected chi connectivity index (χ0v) is 10.6. The molecule has 0 amide bonds. The summed E-state index contributed by atoms with van der Waals surface area (Å²) in [5.41, 5.74) is 0.977. The van der Waals surface area contributed by atoms with Crippen molar-refractivity contribution in [3.05, 3.63) is 34.3 Å². The molecule has 2 rings (SSSR count). The average Bonchev–Trinajstić information content (AvgIpc) is 3.10. The fourth-order valence-electron chi connectivity index (χ4n) is 1.67. The van der Waals surface area contributed by atoms with Crippen LogP contribution in [0, 0.1) is 0 Å². The first-order valence-electron chi connectivity index (χ1n) is 5.15. The monoisotopic (exact) mass is 284 g/mol. The van der Waals surface area contributed by atoms with Crippen molar-refractivity contribution in [3.8, 4) is 0 Å². The molecule has 1 aromatic carbocycles. The number of epoxide rings is 1. The summed E-state index contributed by atoms with van der Waals surface area (Å²) in [6.07, 6.45) is 0.918. The van der Waals surface area contributed by atoms with Gasteiger partial charge in [-0.15, -0.1) is 0 Å². The second-order valence-corrected chi connectivity index (χ2v) is 4.73. The number of halogens is 1. The minimum absolute atomic E-state index is 0.196. The van der Waals surface area contributed by atoms with E-state index in [-0.39, 0.29) is 18.0 Å². The largest absolute Gasteiger partial charge is 0.469 e. The molecule has 16 heavy (non-hydrogen) atoms. The molecule has 0 aromatic heterocycles. The molecule has 0 N–H and O–H groups in total. The van der Waals surface area contributed by atoms with E-state index in [1.807, 2.05) is 24.3 Å². The van der Waals surface area contributed by atoms with Crippen molar-refractivity contribution >= 4 is 21.9 Å². The van der Waals surface area contributed by atoms with Gasteiger partial charge in [0, 0.05) is 4.47 Å². The molecule has 3 nitrogen and oxygen atoms in total. The van der Waals surface area contributed by atoms with Gasteiger partial charge >= 0.3 is 5.97 Å². The number of methoxy groups -OCH3 is 1. The van der Waals surface area contributed by atoms with E-state index in [2.05, 4.69) is 15.9 Å². The lowest BCUT2D eigenvalue weighted by molar-refractivity contribution is -0.142. The van der Waals surface area contributed by atoms with E-state index < -0.39 is 0 Å². The smallest absolute Gasteiger partial charge is 0.313 e. The highest BCUT2D eigenvalue weighted by molar-refractivity contribution is 9.10. The van der Waals surface area contributed by atoms with Gasteiger partial charge < -0.3 is 9.47 Å². The second kappa shape index (κ2) is 4.97. The molecule has 0 saturated carbocycles. The molecule has 0 radical (unpaired) electrons. The SMILES string of the molecule is COC(=O)C(CC1CO1)c1ccc(Br)cc1. The maximum absolute atomic E-state index is 11.7. The van der Waals surface area contributed by atoms with Gasteiger partial charge in [0.05, 0.1) is 25.7 Å². The van der Waals surface area contributed by atoms with Crippen LogP contribution in [0.1, 0.15) is 17.9 Å². The van der Waals surface area contributed by atoms with Crippen molar-refractivity contribution in [2.24, 2.45) is 0 Å². The number of ether oxygens (including phenoxy) is 2. The molecular formula is C12H13BrO3. The Morgan fingerprint density at radius 3 is 2.69 bits per heavy atom. The van der Waals surface area contributed by atoms with Gasteiger partial charge in [-0.25, -0.2) is 0 Å². The summed E-state index contributed by atoms with van der Waals surface area (Å²) in [4.78, 5) is 11.7. The van der Waals surface area contributed by atoms with Gasteiger partial charge in [-0.2, -0.15) is 0 Å². The van der Waals surface area contributed by atoms with Crippen molar-refractivity contribution in [2.45, 2.75) is 18.4 Å². The molecule has 1 aliphatic rings. The molecule has 0 spiro atoms. The highest BCUT2D eigenvalue weighted by atomic mass is 79.9. The lowest BCUT2D eigenvalue weighted by Crippen LogP contribution is -2.16. The fraction of sp³-hybridized carbons (Fsp3) is 0.417. The summed E-state index contributed by atoms with van der Waals surface area (Å²) < 4.78 is 11.0. The fourth-order valence-corrected chi connectivity index (χ4v) is 1.94. The predicted octanol–water partition coefficient (Wildman–Crippen LogP) is 2.49. The van der Waals surface area contributed by atoms with E-state index in [0.29, 0.717) is 6.42 Å². The van der Waals surface area contributed by atoms with Crippen molar-refractivity contribution in [1.82, 2.24) is 0 Å². The van der Waals surface area contributed by atoms with Crippen LogP contribution in [0.4, 0.5) is 0 Å². The molecule has 4 heteroatoms. The molecule has 2 atom stereocenters. The number of hydrogen-bond acceptors (Lipinski definition) is 3. The Kier molecular flexibility index (Phi) is 3.61. The zero-order chi connectivity index (χ0) is 11.5. The number of rotatable bonds is 4. The van der Waals surface area contributed by atoms with Crippen LogP contribution < -0.4 is 0 Å². The topological polar surface area (TPSA) is 38.8 Å². The minimum Gasteiger partial charge on any atom is -0.469 e. The number of carbonyl (C=O) groups is 1. The second-order valence-electron chi connectivity index (χ2n) is 3.82. The Hall–Kier alpha value is -0.870. The summed E-state index contributed by atoms with van der Waals surface area (Å²) in [6, 6.07) is 7.74. The average molecular weight is 285 g/mol. The standard InChI is InChI=1S/C12H13BrO3/c1-15-12(14)11(6-10-7-16-10)8-2-4-9(13)5-3-8/h2-5,10-11H,6-7H2,1H3. The van der Waals surface area contributed by atoms with Gasteiger partial charge in [0.2, 0.25) is 0 Å². The summed E-state index contributed by atoms with van der Waals surface area (Å²) >= 11 is 3.37. The van der Waals surface area contributed by atoms with E-state index >= 15 is 0 Å². The normalized spacial score (nSPS) is 20.2. The van der Waals surface area contributed by atoms with Gasteiger partial charge in [-0.05, 0) is 24.1 Å². The summed E-state index contributed by atoms with van der Waals surface area (Å²) in [7, 11) is 1.42. The van der Waals surface area contributed by atoms with Crippen LogP contribution in [-0.2, 0) is 14.3 Å². The van der Waals surface area contributed by atoms with E-state index in [1.165, 1.54) is 7.11 Å². The highest BCUT2D eigenvalue weighted by Crippen LogP contribution is 2.29. The van der Waals surface area contributed by atoms with Gasteiger partial charge in [-0.1, -0.05) is 28.1 Å². The van der Waals surface area contributed by atoms with E-state index in [1.54, 1.807) is 0 Å². The third-order valence-corrected chi connectivity index (χ3v) is 3.19. The highest BCUT2D eigenvalue weighted by Gasteiger charge is 2.31. The van der Waals surface area contributed by atoms with Crippen LogP contribution in [0.2, 0.25) is 0 Å². The maximum Gasteiger partial charge on any atom is 0.313 e. The Morgan fingerprint density at radius 2 is 2.19 bits per heavy atom. The quantitative estimate of drug-likeness (QED) is 0.630. The summed E-state index contributed by atoms with van der Waals surface area (Å²) in [5.74, 6) is -0.413. The first-order valence-corrected chi connectivity index (χ1v) is 5.95. The Balaban J connectivity index is 2.15. The predicted molar refractivity (Wildman–Crippen MR) is 63.3 cm³/mol. The van der Waals surface area contributed by atoms with Crippen LogP contribution >= 0.6 is 15.9 Å². The number of esters is 1. The van der Waals surface area contributed by atoms with Crippen LogP contribution in [0.25, 0.3) is 0 Å². The zero-order valence-electron chi connectivity index (χ0n) is 8.98. The first kappa shape index (κ1) is 11.6. The molecule has 1 aromatic rings. The summed E-state index contributed by atoms with van der Waals surface area (Å²) in [6.45, 7) is 0.754. The number of benzene rings is 1. The van der Waals surface area contributed by atoms with Crippen LogP contribution in [0.5, 0.6) is 0 Å². The van der Waals surface area contributed by atoms with Crippen molar-refractivity contribution in [1.29, 1.82) is 0 Å². The lowest BCUT2D eigenvalue weighted by atomic mass is 9.94. The van der Waals surface area contributed by atoms with Crippen molar-refractivity contribution in [3.63, 3.8) is 0 Å². The molecule has 1 heterocycles. The first-order chi connectivity index (χ1) is 7.70. The number of carbonyl (C=O) groups excluding carboxylic acids is 1.